The molecule has 2 aromatic carbocycles. The van der Waals surface area contributed by atoms with Crippen molar-refractivity contribution in [1.82, 2.24) is 4.57 Å². The summed E-state index contributed by atoms with van der Waals surface area (Å²) in [4.78, 5) is 0. The van der Waals surface area contributed by atoms with Gasteiger partial charge in [-0.2, -0.15) is 0 Å². The number of para-hydroxylation sites is 1. The van der Waals surface area contributed by atoms with Crippen LogP contribution in [0, 0.1) is 0 Å². The Balaban J connectivity index is 1.97. The summed E-state index contributed by atoms with van der Waals surface area (Å²) in [5.74, 6) is 0. The van der Waals surface area contributed by atoms with Crippen LogP contribution in [0.15, 0.2) is 54.7 Å². The van der Waals surface area contributed by atoms with Crippen LogP contribution in [0.4, 0.5) is 0 Å². The minimum Gasteiger partial charge on any atom is -0.343 e. The molecule has 3 rings (SSSR count). The Morgan fingerprint density at radius 1 is 1.05 bits per heavy atom. The van der Waals surface area contributed by atoms with E-state index in [0.717, 1.165) is 22.7 Å². The molecule has 0 bridgehead atoms. The van der Waals surface area contributed by atoms with Crippen LogP contribution in [0.2, 0.25) is 5.02 Å². The van der Waals surface area contributed by atoms with Gasteiger partial charge in [0.2, 0.25) is 0 Å². The first-order valence-electron chi connectivity index (χ1n) is 6.29. The molecule has 2 N–H and O–H groups in total. The Morgan fingerprint density at radius 3 is 2.68 bits per heavy atom. The third-order valence-corrected chi connectivity index (χ3v) is 3.73. The van der Waals surface area contributed by atoms with E-state index in [1.54, 1.807) is 0 Å². The predicted octanol–water partition coefficient (Wildman–Crippen LogP) is 3.80. The molecule has 0 aliphatic carbocycles. The SMILES string of the molecule is NCc1ccc(Cn2ccc3ccccc32)c(Cl)c1. The van der Waals surface area contributed by atoms with Crippen LogP contribution >= 0.6 is 11.6 Å². The van der Waals surface area contributed by atoms with Gasteiger partial charge in [-0.3, -0.25) is 0 Å². The van der Waals surface area contributed by atoms with E-state index in [4.69, 9.17) is 17.3 Å². The molecule has 96 valence electrons. The quantitative estimate of drug-likeness (QED) is 0.771. The maximum atomic E-state index is 6.31. The van der Waals surface area contributed by atoms with E-state index in [1.807, 2.05) is 12.1 Å². The fourth-order valence-electron chi connectivity index (χ4n) is 2.31. The van der Waals surface area contributed by atoms with Crippen molar-refractivity contribution in [3.8, 4) is 0 Å². The molecule has 3 aromatic rings. The fraction of sp³-hybridized carbons (Fsp3) is 0.125. The van der Waals surface area contributed by atoms with Gasteiger partial charge in [0.25, 0.3) is 0 Å². The minimum atomic E-state index is 0.520. The number of rotatable bonds is 3. The standard InChI is InChI=1S/C16H15ClN2/c17-15-9-12(10-18)5-6-14(15)11-19-8-7-13-3-1-2-4-16(13)19/h1-9H,10-11,18H2. The molecular formula is C16H15ClN2. The summed E-state index contributed by atoms with van der Waals surface area (Å²) in [5.41, 5.74) is 9.01. The second kappa shape index (κ2) is 5.08. The largest absolute Gasteiger partial charge is 0.343 e. The molecule has 0 saturated heterocycles. The van der Waals surface area contributed by atoms with Gasteiger partial charge >= 0.3 is 0 Å². The van der Waals surface area contributed by atoms with Gasteiger partial charge in [0.15, 0.2) is 0 Å². The van der Waals surface area contributed by atoms with Crippen molar-refractivity contribution in [2.45, 2.75) is 13.1 Å². The van der Waals surface area contributed by atoms with E-state index >= 15 is 0 Å². The van der Waals surface area contributed by atoms with Crippen molar-refractivity contribution >= 4 is 22.5 Å². The molecule has 1 aromatic heterocycles. The number of fused-ring (bicyclic) bond motifs is 1. The Bertz CT molecular complexity index is 716. The summed E-state index contributed by atoms with van der Waals surface area (Å²) in [5, 5.41) is 2.03. The molecule has 3 heteroatoms. The Hall–Kier alpha value is -1.77. The van der Waals surface area contributed by atoms with Crippen molar-refractivity contribution in [2.24, 2.45) is 5.73 Å². The summed E-state index contributed by atoms with van der Waals surface area (Å²) < 4.78 is 2.21. The lowest BCUT2D eigenvalue weighted by molar-refractivity contribution is 0.836. The van der Waals surface area contributed by atoms with Gasteiger partial charge in [0, 0.05) is 29.8 Å². The summed E-state index contributed by atoms with van der Waals surface area (Å²) in [6, 6.07) is 16.5. The fourth-order valence-corrected chi connectivity index (χ4v) is 2.57. The number of nitrogens with two attached hydrogens (primary N) is 1. The smallest absolute Gasteiger partial charge is 0.0490 e. The monoisotopic (exact) mass is 270 g/mol. The van der Waals surface area contributed by atoms with Crippen LogP contribution in [0.25, 0.3) is 10.9 Å². The first-order valence-corrected chi connectivity index (χ1v) is 6.67. The molecule has 0 amide bonds. The number of aromatic nitrogens is 1. The summed E-state index contributed by atoms with van der Waals surface area (Å²) in [6.45, 7) is 1.30. The molecule has 0 aliphatic rings. The van der Waals surface area contributed by atoms with E-state index in [2.05, 4.69) is 47.2 Å². The number of hydrogen-bond donors (Lipinski definition) is 1. The maximum Gasteiger partial charge on any atom is 0.0490 e. The van der Waals surface area contributed by atoms with E-state index < -0.39 is 0 Å². The average molecular weight is 271 g/mol. The molecule has 0 aliphatic heterocycles. The van der Waals surface area contributed by atoms with Crippen LogP contribution in [0.1, 0.15) is 11.1 Å². The van der Waals surface area contributed by atoms with Gasteiger partial charge in [-0.15, -0.1) is 0 Å². The maximum absolute atomic E-state index is 6.31. The molecule has 0 radical (unpaired) electrons. The molecule has 0 fully saturated rings. The zero-order valence-corrected chi connectivity index (χ0v) is 11.3. The van der Waals surface area contributed by atoms with Crippen LogP contribution < -0.4 is 5.73 Å². The van der Waals surface area contributed by atoms with Gasteiger partial charge in [0.05, 0.1) is 0 Å². The Kier molecular flexibility index (Phi) is 3.28. The lowest BCUT2D eigenvalue weighted by atomic mass is 10.1. The van der Waals surface area contributed by atoms with Crippen molar-refractivity contribution in [1.29, 1.82) is 0 Å². The normalized spacial score (nSPS) is 11.1. The minimum absolute atomic E-state index is 0.520. The van der Waals surface area contributed by atoms with E-state index in [0.29, 0.717) is 6.54 Å². The van der Waals surface area contributed by atoms with Gasteiger partial charge in [-0.05, 0) is 34.7 Å². The summed E-state index contributed by atoms with van der Waals surface area (Å²) in [6.07, 6.45) is 2.10. The van der Waals surface area contributed by atoms with Gasteiger partial charge < -0.3 is 10.3 Å². The predicted molar refractivity (Wildman–Crippen MR) is 80.4 cm³/mol. The van der Waals surface area contributed by atoms with Gasteiger partial charge in [-0.25, -0.2) is 0 Å². The number of nitrogens with zero attached hydrogens (tertiary/aromatic N) is 1. The third-order valence-electron chi connectivity index (χ3n) is 3.37. The summed E-state index contributed by atoms with van der Waals surface area (Å²) >= 11 is 6.31. The van der Waals surface area contributed by atoms with Gasteiger partial charge in [0.1, 0.15) is 0 Å². The topological polar surface area (TPSA) is 30.9 Å². The average Bonchev–Trinajstić information content (AvgIpc) is 2.84. The molecule has 0 atom stereocenters. The Labute approximate surface area is 117 Å². The van der Waals surface area contributed by atoms with E-state index in [9.17, 15) is 0 Å². The molecular weight excluding hydrogens is 256 g/mol. The van der Waals surface area contributed by atoms with E-state index in [-0.39, 0.29) is 0 Å². The van der Waals surface area contributed by atoms with E-state index in [1.165, 1.54) is 10.9 Å². The molecule has 19 heavy (non-hydrogen) atoms. The second-order valence-electron chi connectivity index (χ2n) is 4.63. The first-order chi connectivity index (χ1) is 9.28. The molecule has 0 spiro atoms. The second-order valence-corrected chi connectivity index (χ2v) is 5.04. The highest BCUT2D eigenvalue weighted by atomic mass is 35.5. The summed E-state index contributed by atoms with van der Waals surface area (Å²) in [7, 11) is 0. The molecule has 1 heterocycles. The van der Waals surface area contributed by atoms with Crippen molar-refractivity contribution in [2.75, 3.05) is 0 Å². The lowest BCUT2D eigenvalue weighted by Gasteiger charge is -2.09. The van der Waals surface area contributed by atoms with Crippen LogP contribution in [-0.4, -0.2) is 4.57 Å². The molecule has 0 saturated carbocycles. The zero-order valence-electron chi connectivity index (χ0n) is 10.5. The highest BCUT2D eigenvalue weighted by Crippen LogP contribution is 2.22. The lowest BCUT2D eigenvalue weighted by Crippen LogP contribution is -2.01. The highest BCUT2D eigenvalue weighted by Gasteiger charge is 2.05. The van der Waals surface area contributed by atoms with Crippen molar-refractivity contribution in [3.05, 3.63) is 70.9 Å². The first kappa shape index (κ1) is 12.3. The van der Waals surface area contributed by atoms with Gasteiger partial charge in [-0.1, -0.05) is 41.9 Å². The molecule has 0 unspecified atom stereocenters. The van der Waals surface area contributed by atoms with Crippen LogP contribution in [0.5, 0.6) is 0 Å². The third kappa shape index (κ3) is 2.37. The van der Waals surface area contributed by atoms with Crippen LogP contribution in [-0.2, 0) is 13.1 Å². The van der Waals surface area contributed by atoms with Crippen molar-refractivity contribution in [3.63, 3.8) is 0 Å². The number of benzene rings is 2. The van der Waals surface area contributed by atoms with Crippen molar-refractivity contribution < 1.29 is 0 Å². The zero-order chi connectivity index (χ0) is 13.2. The number of halogens is 1. The molecule has 2 nitrogen and oxygen atoms in total. The van der Waals surface area contributed by atoms with Crippen LogP contribution in [0.3, 0.4) is 0 Å². The Morgan fingerprint density at radius 2 is 1.89 bits per heavy atom. The highest BCUT2D eigenvalue weighted by molar-refractivity contribution is 6.31. The number of hydrogen-bond acceptors (Lipinski definition) is 1.